The van der Waals surface area contributed by atoms with Gasteiger partial charge in [-0.1, -0.05) is 33.9 Å². The number of ketones is 1. The van der Waals surface area contributed by atoms with Crippen LogP contribution in [-0.2, 0) is 4.79 Å². The van der Waals surface area contributed by atoms with Crippen molar-refractivity contribution in [3.8, 4) is 0 Å². The van der Waals surface area contributed by atoms with Crippen LogP contribution in [0.4, 0.5) is 0 Å². The first kappa shape index (κ1) is 14.5. The summed E-state index contributed by atoms with van der Waals surface area (Å²) in [5.74, 6) is 0.918. The van der Waals surface area contributed by atoms with Gasteiger partial charge in [-0.15, -0.1) is 11.5 Å². The average molecular weight is 219 g/mol. The number of nitrogens with one attached hydrogen (secondary N) is 1. The zero-order valence-electron chi connectivity index (χ0n) is 10.5. The summed E-state index contributed by atoms with van der Waals surface area (Å²) in [6.45, 7) is 13.7. The van der Waals surface area contributed by atoms with Gasteiger partial charge in [0.15, 0.2) is 5.78 Å². The van der Waals surface area contributed by atoms with Gasteiger partial charge < -0.3 is 5.32 Å². The van der Waals surface area contributed by atoms with E-state index in [1.807, 2.05) is 0 Å². The number of rotatable bonds is 7. The normalized spacial score (nSPS) is 11.2. The van der Waals surface area contributed by atoms with Crippen LogP contribution in [0.25, 0.3) is 0 Å². The average Bonchev–Trinajstić information content (AvgIpc) is 2.17. The zero-order chi connectivity index (χ0) is 12.6. The number of hydrogen-bond acceptors (Lipinski definition) is 2. The molecule has 0 radical (unpaired) electrons. The van der Waals surface area contributed by atoms with E-state index in [1.165, 1.54) is 6.08 Å². The molecule has 0 aliphatic rings. The van der Waals surface area contributed by atoms with Crippen molar-refractivity contribution in [3.63, 3.8) is 0 Å². The molecule has 0 bridgehead atoms. The molecule has 2 heteroatoms. The Morgan fingerprint density at radius 2 is 2.00 bits per heavy atom. The Morgan fingerprint density at radius 1 is 1.38 bits per heavy atom. The van der Waals surface area contributed by atoms with Gasteiger partial charge in [0.05, 0.1) is 12.2 Å². The van der Waals surface area contributed by atoms with Gasteiger partial charge in [-0.25, -0.2) is 0 Å². The lowest BCUT2D eigenvalue weighted by molar-refractivity contribution is -0.113. The highest BCUT2D eigenvalue weighted by Crippen LogP contribution is 2.16. The molecule has 0 aliphatic carbocycles. The molecule has 0 aromatic carbocycles. The lowest BCUT2D eigenvalue weighted by atomic mass is 9.96. The number of hydrogen-bond donors (Lipinski definition) is 1. The molecule has 16 heavy (non-hydrogen) atoms. The summed E-state index contributed by atoms with van der Waals surface area (Å²) in [6.07, 6.45) is 2.39. The molecular weight excluding hydrogens is 198 g/mol. The van der Waals surface area contributed by atoms with Crippen LogP contribution in [0.2, 0.25) is 0 Å². The quantitative estimate of drug-likeness (QED) is 0.527. The maximum atomic E-state index is 11.2. The van der Waals surface area contributed by atoms with Crippen molar-refractivity contribution in [1.82, 2.24) is 5.32 Å². The molecule has 1 N–H and O–H groups in total. The molecule has 0 fully saturated rings. The third kappa shape index (κ3) is 6.08. The van der Waals surface area contributed by atoms with Gasteiger partial charge in [-0.2, -0.15) is 0 Å². The summed E-state index contributed by atoms with van der Waals surface area (Å²) >= 11 is 0. The zero-order valence-corrected chi connectivity index (χ0v) is 10.5. The van der Waals surface area contributed by atoms with Crippen molar-refractivity contribution in [3.05, 3.63) is 36.4 Å². The van der Waals surface area contributed by atoms with Crippen LogP contribution in [0.15, 0.2) is 36.4 Å². The fourth-order valence-electron chi connectivity index (χ4n) is 1.58. The maximum absolute atomic E-state index is 11.2. The molecule has 0 rings (SSSR count). The third-order valence-corrected chi connectivity index (χ3v) is 2.22. The Balaban J connectivity index is 4.27. The first-order chi connectivity index (χ1) is 7.51. The maximum Gasteiger partial charge on any atom is 0.182 e. The smallest absolute Gasteiger partial charge is 0.182 e. The minimum absolute atomic E-state index is 0.0421. The summed E-state index contributed by atoms with van der Waals surface area (Å²) in [5, 5.41) is 3.05. The second-order valence-electron chi connectivity index (χ2n) is 4.29. The van der Waals surface area contributed by atoms with E-state index >= 15 is 0 Å². The highest BCUT2D eigenvalue weighted by atomic mass is 16.1. The van der Waals surface area contributed by atoms with E-state index in [2.05, 4.69) is 50.7 Å². The Kier molecular flexibility index (Phi) is 7.03. The molecule has 2 nitrogen and oxygen atoms in total. The fraction of sp³-hybridized carbons (Fsp3) is 0.500. The van der Waals surface area contributed by atoms with E-state index in [1.54, 1.807) is 0 Å². The minimum atomic E-state index is -0.0421. The highest BCUT2D eigenvalue weighted by Gasteiger charge is 2.10. The Bertz CT molecular complexity index is 329. The molecule has 0 aromatic heterocycles. The molecule has 1 unspecified atom stereocenters. The summed E-state index contributed by atoms with van der Waals surface area (Å²) in [7, 11) is 0. The highest BCUT2D eigenvalue weighted by molar-refractivity contribution is 5.91. The molecule has 0 saturated carbocycles. The number of carbonyl (C=O) groups excluding carboxylic acids is 1. The number of allylic oxidation sites excluding steroid dienone is 1. The predicted octanol–water partition coefficient (Wildman–Crippen LogP) is 2.84. The van der Waals surface area contributed by atoms with Crippen molar-refractivity contribution in [1.29, 1.82) is 0 Å². The van der Waals surface area contributed by atoms with Crippen molar-refractivity contribution < 1.29 is 4.79 Å². The molecule has 0 spiro atoms. The monoisotopic (exact) mass is 219 g/mol. The van der Waals surface area contributed by atoms with Crippen LogP contribution in [0.1, 0.15) is 27.2 Å². The molecule has 0 amide bonds. The Labute approximate surface area is 98.4 Å². The van der Waals surface area contributed by atoms with Gasteiger partial charge in [0.1, 0.15) is 0 Å². The minimum Gasteiger partial charge on any atom is -0.374 e. The van der Waals surface area contributed by atoms with Gasteiger partial charge in [0.2, 0.25) is 0 Å². The van der Waals surface area contributed by atoms with E-state index in [0.717, 1.165) is 12.1 Å². The van der Waals surface area contributed by atoms with Crippen molar-refractivity contribution >= 4 is 5.78 Å². The molecule has 0 saturated heterocycles. The lowest BCUT2D eigenvalue weighted by Gasteiger charge is -2.17. The molecule has 88 valence electrons. The third-order valence-electron chi connectivity index (χ3n) is 2.22. The van der Waals surface area contributed by atoms with E-state index in [-0.39, 0.29) is 12.3 Å². The summed E-state index contributed by atoms with van der Waals surface area (Å²) in [6, 6.07) is 0. The topological polar surface area (TPSA) is 29.1 Å². The SMILES string of the molecule is C=C=CC(=O)CNC(=C=C)C(C)CC(C)C. The largest absolute Gasteiger partial charge is 0.374 e. The molecule has 0 heterocycles. The molecule has 1 atom stereocenters. The molecule has 0 aromatic rings. The van der Waals surface area contributed by atoms with Crippen molar-refractivity contribution in [2.24, 2.45) is 11.8 Å². The standard InChI is InChI=1S/C14H21NO/c1-6-8-13(16)10-15-14(7-2)12(5)9-11(3)4/h8,11-12,15H,1-2,9-10H2,3-5H3. The summed E-state index contributed by atoms with van der Waals surface area (Å²) < 4.78 is 0. The van der Waals surface area contributed by atoms with Crippen LogP contribution in [0, 0.1) is 11.8 Å². The van der Waals surface area contributed by atoms with Gasteiger partial charge in [0.25, 0.3) is 0 Å². The molecular formula is C14H21NO. The first-order valence-corrected chi connectivity index (χ1v) is 5.53. The van der Waals surface area contributed by atoms with Gasteiger partial charge in [-0.3, -0.25) is 4.79 Å². The van der Waals surface area contributed by atoms with Crippen LogP contribution < -0.4 is 5.32 Å². The van der Waals surface area contributed by atoms with E-state index in [4.69, 9.17) is 0 Å². The van der Waals surface area contributed by atoms with Crippen LogP contribution in [0.3, 0.4) is 0 Å². The van der Waals surface area contributed by atoms with Gasteiger partial charge in [-0.05, 0) is 12.3 Å². The van der Waals surface area contributed by atoms with Gasteiger partial charge in [0, 0.05) is 12.0 Å². The second kappa shape index (κ2) is 7.76. The van der Waals surface area contributed by atoms with Crippen LogP contribution in [0.5, 0.6) is 0 Å². The number of carbonyl (C=O) groups is 1. The lowest BCUT2D eigenvalue weighted by Crippen LogP contribution is -2.24. The second-order valence-corrected chi connectivity index (χ2v) is 4.29. The van der Waals surface area contributed by atoms with Crippen molar-refractivity contribution in [2.75, 3.05) is 6.54 Å². The van der Waals surface area contributed by atoms with Gasteiger partial charge >= 0.3 is 0 Å². The van der Waals surface area contributed by atoms with E-state index < -0.39 is 0 Å². The summed E-state index contributed by atoms with van der Waals surface area (Å²) in [5.41, 5.74) is 6.22. The molecule has 0 aliphatic heterocycles. The first-order valence-electron chi connectivity index (χ1n) is 5.53. The van der Waals surface area contributed by atoms with Crippen LogP contribution >= 0.6 is 0 Å². The van der Waals surface area contributed by atoms with E-state index in [0.29, 0.717) is 11.8 Å². The predicted molar refractivity (Wildman–Crippen MR) is 68.0 cm³/mol. The summed E-state index contributed by atoms with van der Waals surface area (Å²) in [4.78, 5) is 11.2. The fourth-order valence-corrected chi connectivity index (χ4v) is 1.58. The van der Waals surface area contributed by atoms with Crippen LogP contribution in [-0.4, -0.2) is 12.3 Å². The Hall–Kier alpha value is -1.49. The van der Waals surface area contributed by atoms with E-state index in [9.17, 15) is 4.79 Å². The van der Waals surface area contributed by atoms with Crippen molar-refractivity contribution in [2.45, 2.75) is 27.2 Å². The Morgan fingerprint density at radius 3 is 2.44 bits per heavy atom.